The summed E-state index contributed by atoms with van der Waals surface area (Å²) in [6, 6.07) is 12.4. The number of hydrogen-bond donors (Lipinski definition) is 1. The average molecular weight is 452 g/mol. The minimum Gasteiger partial charge on any atom is -0.328 e. The van der Waals surface area contributed by atoms with Gasteiger partial charge in [0, 0.05) is 23.5 Å². The summed E-state index contributed by atoms with van der Waals surface area (Å²) in [5.74, 6) is 0.814. The number of nitrogens with zero attached hydrogens (tertiary/aromatic N) is 2. The molecule has 1 unspecified atom stereocenters. The Morgan fingerprint density at radius 1 is 1.22 bits per heavy atom. The average Bonchev–Trinajstić information content (AvgIpc) is 2.91. The second-order valence-electron chi connectivity index (χ2n) is 6.58. The van der Waals surface area contributed by atoms with Crippen LogP contribution in [0.4, 0.5) is 0 Å². The summed E-state index contributed by atoms with van der Waals surface area (Å²) in [7, 11) is -3.79. The monoisotopic (exact) mass is 451 g/mol. The van der Waals surface area contributed by atoms with Gasteiger partial charge < -0.3 is 10.3 Å². The van der Waals surface area contributed by atoms with Crippen molar-refractivity contribution in [3.8, 4) is 0 Å². The van der Waals surface area contributed by atoms with Gasteiger partial charge in [-0.05, 0) is 44.2 Å². The molecule has 0 spiro atoms. The minimum absolute atomic E-state index is 0.0175. The van der Waals surface area contributed by atoms with Gasteiger partial charge in [0.25, 0.3) is 10.1 Å². The van der Waals surface area contributed by atoms with Gasteiger partial charge in [0.2, 0.25) is 0 Å². The lowest BCUT2D eigenvalue weighted by Gasteiger charge is -2.11. The quantitative estimate of drug-likeness (QED) is 0.556. The maximum Gasteiger partial charge on any atom is 0.297 e. The third kappa shape index (κ3) is 4.76. The number of imidazole rings is 1. The first kappa shape index (κ1) is 20.0. The van der Waals surface area contributed by atoms with E-state index in [1.165, 1.54) is 0 Å². The third-order valence-electron chi connectivity index (χ3n) is 4.16. The van der Waals surface area contributed by atoms with Gasteiger partial charge in [0.05, 0.1) is 22.5 Å². The van der Waals surface area contributed by atoms with Crippen LogP contribution in [0.15, 0.2) is 51.8 Å². The lowest BCUT2D eigenvalue weighted by molar-refractivity contribution is 0.300. The van der Waals surface area contributed by atoms with Gasteiger partial charge in [-0.3, -0.25) is 4.18 Å². The largest absolute Gasteiger partial charge is 0.328 e. The highest BCUT2D eigenvalue weighted by Crippen LogP contribution is 2.22. The first-order chi connectivity index (χ1) is 12.8. The molecule has 0 saturated heterocycles. The van der Waals surface area contributed by atoms with Crippen LogP contribution in [-0.2, 0) is 27.3 Å². The molecule has 27 heavy (non-hydrogen) atoms. The summed E-state index contributed by atoms with van der Waals surface area (Å²) in [5, 5.41) is 0. The summed E-state index contributed by atoms with van der Waals surface area (Å²) >= 11 is 3.45. The summed E-state index contributed by atoms with van der Waals surface area (Å²) in [4.78, 5) is 4.80. The Kier molecular flexibility index (Phi) is 6.00. The van der Waals surface area contributed by atoms with Gasteiger partial charge in [-0.15, -0.1) is 0 Å². The normalized spacial score (nSPS) is 13.2. The van der Waals surface area contributed by atoms with E-state index in [0.29, 0.717) is 13.0 Å². The van der Waals surface area contributed by atoms with Crippen molar-refractivity contribution in [1.29, 1.82) is 0 Å². The molecule has 2 N–H and O–H groups in total. The number of rotatable bonds is 7. The molecule has 0 aliphatic heterocycles. The first-order valence-electron chi connectivity index (χ1n) is 8.62. The van der Waals surface area contributed by atoms with Crippen molar-refractivity contribution >= 4 is 37.1 Å². The highest BCUT2D eigenvalue weighted by atomic mass is 79.9. The van der Waals surface area contributed by atoms with Crippen molar-refractivity contribution < 1.29 is 12.6 Å². The van der Waals surface area contributed by atoms with Gasteiger partial charge in [0.1, 0.15) is 5.82 Å². The number of aryl methyl sites for hydroxylation is 1. The number of nitrogens with two attached hydrogens (primary N) is 1. The minimum atomic E-state index is -3.79. The molecule has 1 aromatic heterocycles. The van der Waals surface area contributed by atoms with Gasteiger partial charge in [-0.1, -0.05) is 33.6 Å². The van der Waals surface area contributed by atoms with Crippen LogP contribution in [0.25, 0.3) is 11.0 Å². The Bertz CT molecular complexity index is 1040. The van der Waals surface area contributed by atoms with Crippen molar-refractivity contribution in [2.75, 3.05) is 6.61 Å². The highest BCUT2D eigenvalue weighted by molar-refractivity contribution is 9.10. The summed E-state index contributed by atoms with van der Waals surface area (Å²) < 4.78 is 32.9. The lowest BCUT2D eigenvalue weighted by atomic mass is 10.2. The Morgan fingerprint density at radius 2 is 1.93 bits per heavy atom. The van der Waals surface area contributed by atoms with Crippen molar-refractivity contribution in [3.05, 3.63) is 58.3 Å². The van der Waals surface area contributed by atoms with E-state index in [1.54, 1.807) is 24.3 Å². The van der Waals surface area contributed by atoms with Crippen LogP contribution in [-0.4, -0.2) is 30.6 Å². The Hall–Kier alpha value is -1.74. The van der Waals surface area contributed by atoms with Crippen LogP contribution in [0.1, 0.15) is 18.3 Å². The molecule has 0 bridgehead atoms. The fraction of sp³-hybridized carbons (Fsp3) is 0.316. The molecule has 0 amide bonds. The fourth-order valence-corrected chi connectivity index (χ4v) is 4.11. The number of hydrogen-bond acceptors (Lipinski definition) is 5. The van der Waals surface area contributed by atoms with Gasteiger partial charge in [-0.2, -0.15) is 8.42 Å². The number of aromatic nitrogens is 2. The topological polar surface area (TPSA) is 87.2 Å². The summed E-state index contributed by atoms with van der Waals surface area (Å²) in [5.41, 5.74) is 8.69. The zero-order valence-corrected chi connectivity index (χ0v) is 17.6. The Balaban J connectivity index is 1.80. The van der Waals surface area contributed by atoms with Crippen LogP contribution < -0.4 is 5.73 Å². The number of benzene rings is 2. The Labute approximate surface area is 167 Å². The maximum atomic E-state index is 12.4. The van der Waals surface area contributed by atoms with Crippen LogP contribution in [0.3, 0.4) is 0 Å². The molecule has 144 valence electrons. The predicted molar refractivity (Wildman–Crippen MR) is 109 cm³/mol. The third-order valence-corrected chi connectivity index (χ3v) is 5.98. The van der Waals surface area contributed by atoms with Crippen molar-refractivity contribution in [2.24, 2.45) is 5.73 Å². The van der Waals surface area contributed by atoms with Gasteiger partial charge in [-0.25, -0.2) is 4.98 Å². The molecule has 0 saturated carbocycles. The van der Waals surface area contributed by atoms with E-state index in [9.17, 15) is 8.42 Å². The molecule has 0 fully saturated rings. The second kappa shape index (κ2) is 8.10. The van der Waals surface area contributed by atoms with E-state index in [2.05, 4.69) is 20.9 Å². The van der Waals surface area contributed by atoms with Crippen LogP contribution in [0.2, 0.25) is 0 Å². The molecular weight excluding hydrogens is 430 g/mol. The number of fused-ring (bicyclic) bond motifs is 1. The van der Waals surface area contributed by atoms with E-state index < -0.39 is 10.1 Å². The second-order valence-corrected chi connectivity index (χ2v) is 9.11. The summed E-state index contributed by atoms with van der Waals surface area (Å²) in [6.45, 7) is 4.20. The molecule has 2 aromatic carbocycles. The Morgan fingerprint density at radius 3 is 2.59 bits per heavy atom. The fourth-order valence-electron chi connectivity index (χ4n) is 2.86. The molecule has 0 aliphatic rings. The van der Waals surface area contributed by atoms with Crippen molar-refractivity contribution in [2.45, 2.75) is 37.8 Å². The predicted octanol–water partition coefficient (Wildman–Crippen LogP) is 3.40. The smallest absolute Gasteiger partial charge is 0.297 e. The molecule has 0 radical (unpaired) electrons. The first-order valence-corrected chi connectivity index (χ1v) is 10.8. The maximum absolute atomic E-state index is 12.4. The molecule has 1 heterocycles. The van der Waals surface area contributed by atoms with Crippen LogP contribution >= 0.6 is 15.9 Å². The van der Waals surface area contributed by atoms with Gasteiger partial charge >= 0.3 is 0 Å². The standard InChI is InChI=1S/C19H22BrN3O3S/c1-13-3-6-16(7-4-13)27(24,25)26-10-9-23-18-8-5-15(20)12-17(18)22-19(23)11-14(2)21/h3-8,12,14H,9-11,21H2,1-2H3. The molecule has 0 aliphatic carbocycles. The van der Waals surface area contributed by atoms with Crippen LogP contribution in [0, 0.1) is 6.92 Å². The zero-order valence-electron chi connectivity index (χ0n) is 15.2. The van der Waals surface area contributed by atoms with E-state index in [-0.39, 0.29) is 17.5 Å². The summed E-state index contributed by atoms with van der Waals surface area (Å²) in [6.07, 6.45) is 0.594. The lowest BCUT2D eigenvalue weighted by Crippen LogP contribution is -2.21. The SMILES string of the molecule is Cc1ccc(S(=O)(=O)OCCn2c(CC(C)N)nc3cc(Br)ccc32)cc1. The number of halogens is 1. The van der Waals surface area contributed by atoms with Crippen molar-refractivity contribution in [1.82, 2.24) is 9.55 Å². The van der Waals surface area contributed by atoms with E-state index in [1.807, 2.05) is 36.6 Å². The molecular formula is C19H22BrN3O3S. The molecule has 8 heteroatoms. The van der Waals surface area contributed by atoms with E-state index in [4.69, 9.17) is 9.92 Å². The molecule has 6 nitrogen and oxygen atoms in total. The molecule has 1 atom stereocenters. The zero-order chi connectivity index (χ0) is 19.6. The van der Waals surface area contributed by atoms with E-state index in [0.717, 1.165) is 26.9 Å². The van der Waals surface area contributed by atoms with E-state index >= 15 is 0 Å². The van der Waals surface area contributed by atoms with Crippen LogP contribution in [0.5, 0.6) is 0 Å². The molecule has 3 aromatic rings. The van der Waals surface area contributed by atoms with Gasteiger partial charge in [0.15, 0.2) is 0 Å². The highest BCUT2D eigenvalue weighted by Gasteiger charge is 2.17. The molecule has 3 rings (SSSR count). The van der Waals surface area contributed by atoms with Crippen molar-refractivity contribution in [3.63, 3.8) is 0 Å².